The van der Waals surface area contributed by atoms with E-state index in [1.807, 2.05) is 13.0 Å². The number of halogens is 1. The van der Waals surface area contributed by atoms with Crippen molar-refractivity contribution >= 4 is 35.1 Å². The fourth-order valence-electron chi connectivity index (χ4n) is 9.09. The maximum absolute atomic E-state index is 13.5. The van der Waals surface area contributed by atoms with Crippen LogP contribution in [0.4, 0.5) is 0 Å². The Bertz CT molecular complexity index is 1280. The molecule has 0 N–H and O–H groups in total. The molecular formula is C37H51ClO6. The lowest BCUT2D eigenvalue weighted by Crippen LogP contribution is -2.58. The first-order valence-corrected chi connectivity index (χ1v) is 17.0. The molecule has 0 aromatic heterocycles. The molecule has 4 aliphatic rings. The normalized spacial score (nSPS) is 34.4. The number of unbranched alkanes of at least 4 members (excludes halogenated alkanes) is 8. The number of rotatable bonds is 13. The second-order valence-corrected chi connectivity index (χ2v) is 14.5. The van der Waals surface area contributed by atoms with Crippen LogP contribution in [-0.4, -0.2) is 35.2 Å². The number of carbonyl (C=O) groups is 4. The molecule has 0 radical (unpaired) electrons. The summed E-state index contributed by atoms with van der Waals surface area (Å²) in [7, 11) is 0. The molecule has 7 heteroatoms. The minimum atomic E-state index is -1.42. The van der Waals surface area contributed by atoms with Crippen molar-refractivity contribution in [3.63, 3.8) is 0 Å². The smallest absolute Gasteiger partial charge is 0.306 e. The summed E-state index contributed by atoms with van der Waals surface area (Å²) in [5.74, 6) is -1.81. The summed E-state index contributed by atoms with van der Waals surface area (Å²) in [5, 5.41) is 0.465. The summed E-state index contributed by atoms with van der Waals surface area (Å²) in [6, 6.07) is 0. The van der Waals surface area contributed by atoms with Crippen LogP contribution in [0.2, 0.25) is 0 Å². The number of ketones is 2. The van der Waals surface area contributed by atoms with Gasteiger partial charge in [-0.15, -0.1) is 0 Å². The Morgan fingerprint density at radius 1 is 1.00 bits per heavy atom. The monoisotopic (exact) mass is 626 g/mol. The van der Waals surface area contributed by atoms with Gasteiger partial charge < -0.3 is 9.47 Å². The SMILES string of the molecule is C=C1C(=C)[C@@]2(C)C(=CC1=O)C(Cl)=C[C@@H]1[C@@H]2CC[C@@]2(C)[C@H]1C(OC(=O)CCCCCCCCCCC)C[C@]2(OC(C)=O)C(C)=O. The Labute approximate surface area is 268 Å². The van der Waals surface area contributed by atoms with E-state index in [2.05, 4.69) is 27.0 Å². The number of fused-ring (bicyclic) bond motifs is 5. The van der Waals surface area contributed by atoms with E-state index in [1.54, 1.807) is 6.08 Å². The summed E-state index contributed by atoms with van der Waals surface area (Å²) in [6.07, 6.45) is 14.9. The van der Waals surface area contributed by atoms with Crippen LogP contribution in [-0.2, 0) is 28.7 Å². The van der Waals surface area contributed by atoms with Gasteiger partial charge in [0.2, 0.25) is 0 Å². The zero-order chi connectivity index (χ0) is 32.4. The van der Waals surface area contributed by atoms with E-state index in [-0.39, 0.29) is 41.7 Å². The molecule has 1 unspecified atom stereocenters. The zero-order valence-electron chi connectivity index (χ0n) is 27.4. The molecule has 0 heterocycles. The van der Waals surface area contributed by atoms with Crippen molar-refractivity contribution in [3.8, 4) is 0 Å². The van der Waals surface area contributed by atoms with Gasteiger partial charge in [-0.05, 0) is 55.2 Å². The average Bonchev–Trinajstić information content (AvgIpc) is 3.20. The van der Waals surface area contributed by atoms with E-state index in [4.69, 9.17) is 21.1 Å². The first-order valence-electron chi connectivity index (χ1n) is 16.7. The molecule has 242 valence electrons. The minimum Gasteiger partial charge on any atom is -0.462 e. The van der Waals surface area contributed by atoms with Gasteiger partial charge >= 0.3 is 11.9 Å². The summed E-state index contributed by atoms with van der Waals surface area (Å²) in [5.41, 5.74) is -1.08. The highest BCUT2D eigenvalue weighted by Gasteiger charge is 2.72. The molecule has 0 aromatic carbocycles. The molecule has 2 fully saturated rings. The second-order valence-electron chi connectivity index (χ2n) is 14.0. The summed E-state index contributed by atoms with van der Waals surface area (Å²) < 4.78 is 12.2. The molecule has 0 spiro atoms. The Kier molecular flexibility index (Phi) is 10.5. The maximum atomic E-state index is 13.5. The summed E-state index contributed by atoms with van der Waals surface area (Å²) in [6.45, 7) is 17.4. The molecule has 4 rings (SSSR count). The van der Waals surface area contributed by atoms with Gasteiger partial charge in [0.25, 0.3) is 0 Å². The highest BCUT2D eigenvalue weighted by molar-refractivity contribution is 6.33. The van der Waals surface area contributed by atoms with Gasteiger partial charge in [-0.1, -0.05) is 103 Å². The Hall–Kier alpha value is -2.47. The van der Waals surface area contributed by atoms with Crippen LogP contribution in [0.3, 0.4) is 0 Å². The molecule has 0 aromatic rings. The van der Waals surface area contributed by atoms with Crippen molar-refractivity contribution in [1.82, 2.24) is 0 Å². The van der Waals surface area contributed by atoms with E-state index >= 15 is 0 Å². The quantitative estimate of drug-likeness (QED) is 0.116. The van der Waals surface area contributed by atoms with E-state index in [0.717, 1.165) is 24.8 Å². The van der Waals surface area contributed by atoms with Crippen molar-refractivity contribution < 1.29 is 28.7 Å². The highest BCUT2D eigenvalue weighted by atomic mass is 35.5. The number of ether oxygens (including phenoxy) is 2. The number of Topliss-reactive ketones (excluding diaryl/α,β-unsaturated/α-hetero) is 1. The standard InChI is InChI=1S/C37H51ClO6/c1-8-9-10-11-12-13-14-15-16-17-33(42)43-32-22-37(25(4)39,44-26(5)40)35(6)19-18-28-27(34(32)35)20-30(38)29-21-31(41)23(2)24(3)36(28,29)7/h20-21,27-28,32,34H,2-3,8-19,22H2,1,4-7H3/t27-,28+,32?,34-,35+,36-,37+/m1/s1. The Balaban J connectivity index is 1.60. The average molecular weight is 627 g/mol. The van der Waals surface area contributed by atoms with Crippen molar-refractivity contribution in [2.45, 2.75) is 130 Å². The van der Waals surface area contributed by atoms with Gasteiger partial charge in [-0.25, -0.2) is 0 Å². The third-order valence-corrected chi connectivity index (χ3v) is 11.8. The second kappa shape index (κ2) is 13.5. The first kappa shape index (κ1) is 34.4. The highest BCUT2D eigenvalue weighted by Crippen LogP contribution is 2.69. The van der Waals surface area contributed by atoms with Crippen LogP contribution in [0.5, 0.6) is 0 Å². The topological polar surface area (TPSA) is 86.7 Å². The van der Waals surface area contributed by atoms with Crippen LogP contribution in [0.15, 0.2) is 47.1 Å². The lowest BCUT2D eigenvalue weighted by molar-refractivity contribution is -0.185. The molecule has 4 aliphatic carbocycles. The fraction of sp³-hybridized carbons (Fsp3) is 0.676. The van der Waals surface area contributed by atoms with Crippen LogP contribution in [0.25, 0.3) is 0 Å². The summed E-state index contributed by atoms with van der Waals surface area (Å²) >= 11 is 6.94. The molecule has 7 atom stereocenters. The van der Waals surface area contributed by atoms with Crippen LogP contribution in [0.1, 0.15) is 118 Å². The zero-order valence-corrected chi connectivity index (χ0v) is 28.2. The van der Waals surface area contributed by atoms with Crippen molar-refractivity contribution in [3.05, 3.63) is 47.1 Å². The van der Waals surface area contributed by atoms with Crippen molar-refractivity contribution in [1.29, 1.82) is 0 Å². The van der Waals surface area contributed by atoms with Gasteiger partial charge in [0.1, 0.15) is 6.10 Å². The number of carbonyl (C=O) groups excluding carboxylic acids is 4. The van der Waals surface area contributed by atoms with Gasteiger partial charge in [0.15, 0.2) is 17.2 Å². The minimum absolute atomic E-state index is 0.0229. The maximum Gasteiger partial charge on any atom is 0.306 e. The fourth-order valence-corrected chi connectivity index (χ4v) is 9.49. The predicted molar refractivity (Wildman–Crippen MR) is 173 cm³/mol. The third-order valence-electron chi connectivity index (χ3n) is 11.5. The molecule has 0 amide bonds. The lowest BCUT2D eigenvalue weighted by atomic mass is 9.46. The van der Waals surface area contributed by atoms with E-state index in [9.17, 15) is 19.2 Å². The Morgan fingerprint density at radius 3 is 2.20 bits per heavy atom. The lowest BCUT2D eigenvalue weighted by Gasteiger charge is -2.58. The molecule has 0 aliphatic heterocycles. The van der Waals surface area contributed by atoms with Crippen molar-refractivity contribution in [2.24, 2.45) is 28.6 Å². The molecule has 2 saturated carbocycles. The van der Waals surface area contributed by atoms with Gasteiger partial charge in [0, 0.05) is 47.1 Å². The van der Waals surface area contributed by atoms with Crippen LogP contribution < -0.4 is 0 Å². The molecule has 0 bridgehead atoms. The first-order chi connectivity index (χ1) is 20.7. The number of hydrogen-bond acceptors (Lipinski definition) is 6. The number of esters is 2. The molecule has 6 nitrogen and oxygen atoms in total. The largest absolute Gasteiger partial charge is 0.462 e. The summed E-state index contributed by atoms with van der Waals surface area (Å²) in [4.78, 5) is 51.9. The van der Waals surface area contributed by atoms with Crippen molar-refractivity contribution in [2.75, 3.05) is 0 Å². The van der Waals surface area contributed by atoms with Gasteiger partial charge in [-0.3, -0.25) is 19.2 Å². The van der Waals surface area contributed by atoms with Gasteiger partial charge in [0.05, 0.1) is 0 Å². The third kappa shape index (κ3) is 5.92. The number of hydrogen-bond donors (Lipinski definition) is 0. The molecular weight excluding hydrogens is 576 g/mol. The van der Waals surface area contributed by atoms with Crippen LogP contribution in [0, 0.1) is 28.6 Å². The number of allylic oxidation sites excluding steroid dienone is 6. The van der Waals surface area contributed by atoms with E-state index in [1.165, 1.54) is 52.4 Å². The van der Waals surface area contributed by atoms with E-state index in [0.29, 0.717) is 35.4 Å². The Morgan fingerprint density at radius 2 is 1.61 bits per heavy atom. The predicted octanol–water partition coefficient (Wildman–Crippen LogP) is 8.53. The van der Waals surface area contributed by atoms with Crippen LogP contribution >= 0.6 is 11.6 Å². The van der Waals surface area contributed by atoms with E-state index < -0.39 is 28.5 Å². The van der Waals surface area contributed by atoms with Gasteiger partial charge in [-0.2, -0.15) is 0 Å². The molecule has 0 saturated heterocycles. The molecule has 44 heavy (non-hydrogen) atoms.